The number of nitrogens with one attached hydrogen (secondary N) is 1. The highest BCUT2D eigenvalue weighted by atomic mass is 79.9. The molecule has 3 heteroatoms. The molecule has 1 unspecified atom stereocenters. The number of halogens is 2. The summed E-state index contributed by atoms with van der Waals surface area (Å²) in [7, 11) is 0. The number of hydrogen-bond acceptors (Lipinski definition) is 1. The maximum absolute atomic E-state index is 13.6. The molecule has 1 N–H and O–H groups in total. The van der Waals surface area contributed by atoms with Crippen molar-refractivity contribution in [2.75, 3.05) is 6.54 Å². The summed E-state index contributed by atoms with van der Waals surface area (Å²) >= 11 is 3.39. The van der Waals surface area contributed by atoms with E-state index in [9.17, 15) is 4.39 Å². The Labute approximate surface area is 117 Å². The summed E-state index contributed by atoms with van der Waals surface area (Å²) in [6.07, 6.45) is 6.25. The molecule has 1 saturated carbocycles. The van der Waals surface area contributed by atoms with E-state index in [1.807, 2.05) is 6.07 Å². The molecule has 0 spiro atoms. The van der Waals surface area contributed by atoms with Crippen LogP contribution in [0.4, 0.5) is 4.39 Å². The van der Waals surface area contributed by atoms with E-state index in [1.54, 1.807) is 6.07 Å². The Bertz CT molecular complexity index is 390. The predicted molar refractivity (Wildman–Crippen MR) is 77.1 cm³/mol. The van der Waals surface area contributed by atoms with Crippen LogP contribution in [0.25, 0.3) is 0 Å². The Hall–Kier alpha value is -0.410. The van der Waals surface area contributed by atoms with Crippen LogP contribution in [-0.2, 0) is 0 Å². The molecule has 0 saturated heterocycles. The molecule has 1 aliphatic rings. The monoisotopic (exact) mass is 313 g/mol. The molecule has 18 heavy (non-hydrogen) atoms. The first-order valence-electron chi connectivity index (χ1n) is 6.89. The normalized spacial score (nSPS) is 17.5. The molecule has 0 heterocycles. The summed E-state index contributed by atoms with van der Waals surface area (Å²) in [5.41, 5.74) is 1.07. The molecule has 1 aromatic rings. The summed E-state index contributed by atoms with van der Waals surface area (Å²) in [6.45, 7) is 3.15. The van der Waals surface area contributed by atoms with E-state index in [0.29, 0.717) is 4.47 Å². The lowest BCUT2D eigenvalue weighted by Crippen LogP contribution is -2.27. The highest BCUT2D eigenvalue weighted by molar-refractivity contribution is 9.10. The molecule has 2 rings (SSSR count). The van der Waals surface area contributed by atoms with Crippen LogP contribution in [0.1, 0.15) is 50.6 Å². The second kappa shape index (κ2) is 6.67. The van der Waals surface area contributed by atoms with Gasteiger partial charge in [0, 0.05) is 6.04 Å². The molecule has 1 aromatic carbocycles. The Morgan fingerprint density at radius 3 is 2.83 bits per heavy atom. The minimum Gasteiger partial charge on any atom is -0.310 e. The first-order chi connectivity index (χ1) is 8.72. The molecule has 1 atom stereocenters. The number of benzene rings is 1. The summed E-state index contributed by atoms with van der Waals surface area (Å²) in [5, 5.41) is 3.56. The van der Waals surface area contributed by atoms with Crippen LogP contribution in [0, 0.1) is 11.7 Å². The minimum atomic E-state index is -0.163. The Morgan fingerprint density at radius 2 is 2.22 bits per heavy atom. The van der Waals surface area contributed by atoms with Gasteiger partial charge in [-0.1, -0.05) is 38.3 Å². The van der Waals surface area contributed by atoms with Crippen molar-refractivity contribution < 1.29 is 4.39 Å². The van der Waals surface area contributed by atoms with Gasteiger partial charge in [-0.15, -0.1) is 0 Å². The zero-order valence-electron chi connectivity index (χ0n) is 10.9. The SMILES string of the molecule is CCCNC(CC1CCC1)c1cccc(F)c1Br. The van der Waals surface area contributed by atoms with Crippen molar-refractivity contribution >= 4 is 15.9 Å². The molecule has 0 aliphatic heterocycles. The third-order valence-corrected chi connectivity index (χ3v) is 4.63. The maximum Gasteiger partial charge on any atom is 0.137 e. The zero-order chi connectivity index (χ0) is 13.0. The van der Waals surface area contributed by atoms with Gasteiger partial charge >= 0.3 is 0 Å². The van der Waals surface area contributed by atoms with Crippen molar-refractivity contribution in [2.45, 2.75) is 45.1 Å². The predicted octanol–water partition coefficient (Wildman–Crippen LogP) is 4.82. The summed E-state index contributed by atoms with van der Waals surface area (Å²) in [6, 6.07) is 5.62. The van der Waals surface area contributed by atoms with Gasteiger partial charge in [-0.2, -0.15) is 0 Å². The van der Waals surface area contributed by atoms with E-state index in [2.05, 4.69) is 28.2 Å². The Morgan fingerprint density at radius 1 is 1.44 bits per heavy atom. The molecule has 1 fully saturated rings. The summed E-state index contributed by atoms with van der Waals surface area (Å²) < 4.78 is 14.2. The van der Waals surface area contributed by atoms with Crippen molar-refractivity contribution in [3.05, 3.63) is 34.1 Å². The molecule has 1 nitrogen and oxygen atoms in total. The largest absolute Gasteiger partial charge is 0.310 e. The zero-order valence-corrected chi connectivity index (χ0v) is 12.5. The Kier molecular flexibility index (Phi) is 5.19. The average Bonchev–Trinajstić information content (AvgIpc) is 2.31. The van der Waals surface area contributed by atoms with Crippen LogP contribution in [0.5, 0.6) is 0 Å². The van der Waals surface area contributed by atoms with Crippen LogP contribution in [-0.4, -0.2) is 6.54 Å². The van der Waals surface area contributed by atoms with E-state index in [4.69, 9.17) is 0 Å². The van der Waals surface area contributed by atoms with Crippen LogP contribution in [0.15, 0.2) is 22.7 Å². The van der Waals surface area contributed by atoms with E-state index >= 15 is 0 Å². The van der Waals surface area contributed by atoms with Crippen molar-refractivity contribution in [1.82, 2.24) is 5.32 Å². The second-order valence-electron chi connectivity index (χ2n) is 5.18. The van der Waals surface area contributed by atoms with Crippen LogP contribution in [0.3, 0.4) is 0 Å². The molecule has 0 aromatic heterocycles. The molecule has 100 valence electrons. The van der Waals surface area contributed by atoms with Gasteiger partial charge in [0.05, 0.1) is 4.47 Å². The molecular weight excluding hydrogens is 293 g/mol. The second-order valence-corrected chi connectivity index (χ2v) is 5.98. The highest BCUT2D eigenvalue weighted by Crippen LogP contribution is 2.37. The standard InChI is InChI=1S/C15H21BrFN/c1-2-9-18-14(10-11-5-3-6-11)12-7-4-8-13(17)15(12)16/h4,7-8,11,14,18H,2-3,5-6,9-10H2,1H3. The van der Waals surface area contributed by atoms with Gasteiger partial charge in [-0.25, -0.2) is 4.39 Å². The van der Waals surface area contributed by atoms with Gasteiger partial charge in [0.25, 0.3) is 0 Å². The fourth-order valence-corrected chi connectivity index (χ4v) is 3.03. The Balaban J connectivity index is 2.12. The lowest BCUT2D eigenvalue weighted by Gasteiger charge is -2.31. The number of hydrogen-bond donors (Lipinski definition) is 1. The van der Waals surface area contributed by atoms with Crippen molar-refractivity contribution in [1.29, 1.82) is 0 Å². The third kappa shape index (κ3) is 3.33. The minimum absolute atomic E-state index is 0.163. The van der Waals surface area contributed by atoms with E-state index in [0.717, 1.165) is 30.9 Å². The first-order valence-corrected chi connectivity index (χ1v) is 7.69. The van der Waals surface area contributed by atoms with Gasteiger partial charge in [0.15, 0.2) is 0 Å². The van der Waals surface area contributed by atoms with Gasteiger partial charge < -0.3 is 5.32 Å². The topological polar surface area (TPSA) is 12.0 Å². The molecule has 0 radical (unpaired) electrons. The fraction of sp³-hybridized carbons (Fsp3) is 0.600. The van der Waals surface area contributed by atoms with Crippen LogP contribution >= 0.6 is 15.9 Å². The first kappa shape index (κ1) is 14.0. The van der Waals surface area contributed by atoms with Gasteiger partial charge in [0.1, 0.15) is 5.82 Å². The van der Waals surface area contributed by atoms with E-state index in [-0.39, 0.29) is 11.9 Å². The summed E-state index contributed by atoms with van der Waals surface area (Å²) in [4.78, 5) is 0. The summed E-state index contributed by atoms with van der Waals surface area (Å²) in [5.74, 6) is 0.652. The fourth-order valence-electron chi connectivity index (χ4n) is 2.49. The average molecular weight is 314 g/mol. The highest BCUT2D eigenvalue weighted by Gasteiger charge is 2.24. The quantitative estimate of drug-likeness (QED) is 0.794. The van der Waals surface area contributed by atoms with Gasteiger partial charge in [0.2, 0.25) is 0 Å². The lowest BCUT2D eigenvalue weighted by atomic mass is 9.79. The van der Waals surface area contributed by atoms with Crippen LogP contribution in [0.2, 0.25) is 0 Å². The van der Waals surface area contributed by atoms with Crippen molar-refractivity contribution in [3.8, 4) is 0 Å². The van der Waals surface area contributed by atoms with Gasteiger partial charge in [-0.3, -0.25) is 0 Å². The lowest BCUT2D eigenvalue weighted by molar-refractivity contribution is 0.260. The van der Waals surface area contributed by atoms with Gasteiger partial charge in [-0.05, 0) is 52.9 Å². The molecule has 0 bridgehead atoms. The maximum atomic E-state index is 13.6. The van der Waals surface area contributed by atoms with Crippen molar-refractivity contribution in [2.24, 2.45) is 5.92 Å². The van der Waals surface area contributed by atoms with Crippen molar-refractivity contribution in [3.63, 3.8) is 0 Å². The van der Waals surface area contributed by atoms with E-state index in [1.165, 1.54) is 25.3 Å². The molecule has 0 amide bonds. The van der Waals surface area contributed by atoms with E-state index < -0.39 is 0 Å². The smallest absolute Gasteiger partial charge is 0.137 e. The number of rotatable bonds is 6. The molecular formula is C15H21BrFN. The third-order valence-electron chi connectivity index (χ3n) is 3.79. The molecule has 1 aliphatic carbocycles. The van der Waals surface area contributed by atoms with Crippen LogP contribution < -0.4 is 5.32 Å².